The van der Waals surface area contributed by atoms with Crippen molar-refractivity contribution in [2.75, 3.05) is 69.7 Å². The minimum Gasteiger partial charge on any atom is -0.378 e. The van der Waals surface area contributed by atoms with Gasteiger partial charge < -0.3 is 24.8 Å². The summed E-state index contributed by atoms with van der Waals surface area (Å²) in [5.74, 6) is 3.63. The molecule has 252 valence electrons. The van der Waals surface area contributed by atoms with Gasteiger partial charge in [0.1, 0.15) is 0 Å². The zero-order valence-corrected chi connectivity index (χ0v) is 29.5. The van der Waals surface area contributed by atoms with Crippen molar-refractivity contribution >= 4 is 51.7 Å². The summed E-state index contributed by atoms with van der Waals surface area (Å²) in [4.78, 5) is 31.6. The maximum Gasteiger partial charge on any atom is 0.262 e. The van der Waals surface area contributed by atoms with Crippen molar-refractivity contribution < 1.29 is 4.74 Å². The summed E-state index contributed by atoms with van der Waals surface area (Å²) < 4.78 is 7.43. The van der Waals surface area contributed by atoms with Crippen LogP contribution in [-0.4, -0.2) is 90.9 Å². The van der Waals surface area contributed by atoms with Gasteiger partial charge in [-0.2, -0.15) is 0 Å². The molecule has 5 aliphatic rings. The number of anilines is 2. The van der Waals surface area contributed by atoms with Crippen LogP contribution in [0.1, 0.15) is 39.2 Å². The molecule has 1 unspecified atom stereocenters. The predicted molar refractivity (Wildman–Crippen MR) is 192 cm³/mol. The van der Waals surface area contributed by atoms with Gasteiger partial charge in [-0.3, -0.25) is 9.36 Å². The number of rotatable bonds is 6. The number of halogens is 2. The lowest BCUT2D eigenvalue weighted by Gasteiger charge is -2.61. The molecule has 0 radical (unpaired) electrons. The number of nitrogens with zero attached hydrogens (tertiary/aromatic N) is 6. The van der Waals surface area contributed by atoms with E-state index in [1.54, 1.807) is 10.6 Å². The van der Waals surface area contributed by atoms with E-state index in [4.69, 9.17) is 37.9 Å². The lowest BCUT2D eigenvalue weighted by Crippen LogP contribution is -2.57. The fourth-order valence-corrected chi connectivity index (χ4v) is 8.74. The molecule has 3 heterocycles. The largest absolute Gasteiger partial charge is 0.378 e. The Morgan fingerprint density at radius 2 is 1.81 bits per heavy atom. The van der Waals surface area contributed by atoms with Gasteiger partial charge in [-0.25, -0.2) is 9.98 Å². The second-order valence-corrected chi connectivity index (χ2v) is 15.4. The molecule has 11 heteroatoms. The predicted octanol–water partition coefficient (Wildman–Crippen LogP) is 5.87. The number of nitrogens with one attached hydrogen (secondary N) is 1. The summed E-state index contributed by atoms with van der Waals surface area (Å²) in [5.41, 5.74) is 2.88. The lowest BCUT2D eigenvalue weighted by atomic mass is 9.45. The number of hydrogen-bond donors (Lipinski definition) is 1. The van der Waals surface area contributed by atoms with Crippen molar-refractivity contribution in [3.63, 3.8) is 0 Å². The van der Waals surface area contributed by atoms with Crippen molar-refractivity contribution in [2.24, 2.45) is 28.2 Å². The highest BCUT2D eigenvalue weighted by molar-refractivity contribution is 6.35. The summed E-state index contributed by atoms with van der Waals surface area (Å²) in [5, 5.41) is 5.50. The van der Waals surface area contributed by atoms with Crippen LogP contribution in [0.5, 0.6) is 0 Å². The van der Waals surface area contributed by atoms with Gasteiger partial charge in [0, 0.05) is 61.5 Å². The molecule has 1 N–H and O–H groups in total. The van der Waals surface area contributed by atoms with E-state index in [0.29, 0.717) is 83.5 Å². The Bertz CT molecular complexity index is 1710. The van der Waals surface area contributed by atoms with Crippen molar-refractivity contribution in [2.45, 2.75) is 52.6 Å². The average molecular weight is 681 g/mol. The van der Waals surface area contributed by atoms with E-state index in [-0.39, 0.29) is 5.56 Å². The van der Waals surface area contributed by atoms with Gasteiger partial charge in [0.25, 0.3) is 5.56 Å². The van der Waals surface area contributed by atoms with Gasteiger partial charge in [-0.15, -0.1) is 0 Å². The standard InChI is InChI=1S/C36H47Cl2N7O2/c1-23-29-19-25(36(29,2)3)20-31(23)40-34(43-13-11-42(4)12-14-43)39-27-7-8-28-32(22-27)41-35(44-15-17-47-18-16-44)45(33(28)46)10-9-24-5-6-26(37)21-30(24)38/h5-8,21-23,25,29,31H,9-20H2,1-4H3,(H,39,40)/t23-,25?,29+,31-/m0/s1. The summed E-state index contributed by atoms with van der Waals surface area (Å²) >= 11 is 12.6. The molecule has 3 aromatic rings. The van der Waals surface area contributed by atoms with Crippen LogP contribution in [0.15, 0.2) is 46.2 Å². The average Bonchev–Trinajstić information content (AvgIpc) is 3.06. The van der Waals surface area contributed by atoms with Gasteiger partial charge in [-0.1, -0.05) is 50.0 Å². The van der Waals surface area contributed by atoms with Crippen LogP contribution in [0.25, 0.3) is 10.9 Å². The van der Waals surface area contributed by atoms with Gasteiger partial charge in [0.2, 0.25) is 5.95 Å². The maximum absolute atomic E-state index is 14.1. The molecule has 1 aromatic heterocycles. The van der Waals surface area contributed by atoms with E-state index < -0.39 is 0 Å². The SMILES string of the molecule is C[C@@H]1[C@@H](N=C(Nc2ccc3c(=O)n(CCc4ccc(Cl)cc4Cl)c(N4CCOCC4)nc3c2)N2CCN(C)CC2)CC2C[C@H]1C2(C)C. The third-order valence-electron chi connectivity index (χ3n) is 11.5. The number of aromatic nitrogens is 2. The molecule has 9 nitrogen and oxygen atoms in total. The molecule has 3 aliphatic carbocycles. The Morgan fingerprint density at radius 3 is 2.51 bits per heavy atom. The number of ether oxygens (including phenoxy) is 1. The molecule has 2 saturated heterocycles. The molecule has 2 aromatic carbocycles. The molecule has 3 saturated carbocycles. The summed E-state index contributed by atoms with van der Waals surface area (Å²) in [6.45, 7) is 14.1. The Kier molecular flexibility index (Phi) is 9.19. The summed E-state index contributed by atoms with van der Waals surface area (Å²) in [7, 11) is 2.18. The molecule has 2 bridgehead atoms. The maximum atomic E-state index is 14.1. The van der Waals surface area contributed by atoms with E-state index >= 15 is 0 Å². The molecule has 0 spiro atoms. The fraction of sp³-hybridized carbons (Fsp3) is 0.583. The third-order valence-corrected chi connectivity index (χ3v) is 12.1. The van der Waals surface area contributed by atoms with Crippen LogP contribution in [0.4, 0.5) is 11.6 Å². The normalized spacial score (nSPS) is 26.4. The highest BCUT2D eigenvalue weighted by Crippen LogP contribution is 2.61. The van der Waals surface area contributed by atoms with Crippen molar-refractivity contribution in [1.82, 2.24) is 19.4 Å². The lowest BCUT2D eigenvalue weighted by molar-refractivity contribution is -0.108. The minimum absolute atomic E-state index is 0.0565. The minimum atomic E-state index is -0.0565. The fourth-order valence-electron chi connectivity index (χ4n) is 8.24. The highest BCUT2D eigenvalue weighted by atomic mass is 35.5. The Morgan fingerprint density at radius 1 is 1.04 bits per heavy atom. The monoisotopic (exact) mass is 679 g/mol. The molecular formula is C36H47Cl2N7O2. The quantitative estimate of drug-likeness (QED) is 0.258. The van der Waals surface area contributed by atoms with E-state index in [9.17, 15) is 4.79 Å². The zero-order valence-electron chi connectivity index (χ0n) is 28.0. The highest BCUT2D eigenvalue weighted by Gasteiger charge is 2.56. The first-order valence-corrected chi connectivity index (χ1v) is 17.9. The molecular weight excluding hydrogens is 633 g/mol. The van der Waals surface area contributed by atoms with Crippen LogP contribution >= 0.6 is 23.2 Å². The molecule has 2 aliphatic heterocycles. The van der Waals surface area contributed by atoms with Crippen LogP contribution in [0.3, 0.4) is 0 Å². The van der Waals surface area contributed by atoms with Crippen LogP contribution in [0.2, 0.25) is 10.0 Å². The molecule has 4 atom stereocenters. The smallest absolute Gasteiger partial charge is 0.262 e. The number of aliphatic imine (C=N–C) groups is 1. The Labute approximate surface area is 287 Å². The van der Waals surface area contributed by atoms with E-state index in [2.05, 4.69) is 47.8 Å². The van der Waals surface area contributed by atoms with Crippen LogP contribution in [0, 0.1) is 23.2 Å². The first kappa shape index (κ1) is 32.7. The first-order chi connectivity index (χ1) is 22.6. The Hall–Kier alpha value is -2.85. The number of likely N-dealkylation sites (N-methyl/N-ethyl adjacent to an activating group) is 1. The number of hydrogen-bond acceptors (Lipinski definition) is 6. The molecule has 0 amide bonds. The molecule has 5 fully saturated rings. The summed E-state index contributed by atoms with van der Waals surface area (Å²) in [6, 6.07) is 11.7. The second-order valence-electron chi connectivity index (χ2n) is 14.6. The van der Waals surface area contributed by atoms with Crippen molar-refractivity contribution in [1.29, 1.82) is 0 Å². The van der Waals surface area contributed by atoms with Gasteiger partial charge >= 0.3 is 0 Å². The number of morpholine rings is 1. The zero-order chi connectivity index (χ0) is 32.9. The summed E-state index contributed by atoms with van der Waals surface area (Å²) in [6.07, 6.45) is 3.07. The van der Waals surface area contributed by atoms with Crippen molar-refractivity contribution in [3.05, 3.63) is 62.4 Å². The number of benzene rings is 2. The van der Waals surface area contributed by atoms with Crippen LogP contribution in [-0.2, 0) is 17.7 Å². The third kappa shape index (κ3) is 6.48. The number of fused-ring (bicyclic) bond motifs is 3. The van der Waals surface area contributed by atoms with Crippen molar-refractivity contribution in [3.8, 4) is 0 Å². The van der Waals surface area contributed by atoms with Gasteiger partial charge in [0.05, 0.1) is 30.2 Å². The second kappa shape index (κ2) is 13.2. The van der Waals surface area contributed by atoms with E-state index in [1.165, 1.54) is 6.42 Å². The number of guanidine groups is 1. The number of piperazine rings is 1. The van der Waals surface area contributed by atoms with E-state index in [1.807, 2.05) is 30.3 Å². The molecule has 8 rings (SSSR count). The molecule has 47 heavy (non-hydrogen) atoms. The number of aryl methyl sites for hydroxylation is 1. The van der Waals surface area contributed by atoms with Gasteiger partial charge in [0.15, 0.2) is 5.96 Å². The topological polar surface area (TPSA) is 78.2 Å². The Balaban J connectivity index is 1.21. The van der Waals surface area contributed by atoms with Gasteiger partial charge in [-0.05, 0) is 85.4 Å². The first-order valence-electron chi connectivity index (χ1n) is 17.2. The van der Waals surface area contributed by atoms with Crippen LogP contribution < -0.4 is 15.8 Å². The van der Waals surface area contributed by atoms with E-state index in [0.717, 1.165) is 61.6 Å².